The summed E-state index contributed by atoms with van der Waals surface area (Å²) in [6, 6.07) is 5.71. The molecule has 4 rings (SSSR count). The minimum absolute atomic E-state index is 0.0225. The zero-order valence-corrected chi connectivity index (χ0v) is 17.1. The Balaban J connectivity index is 1.49. The summed E-state index contributed by atoms with van der Waals surface area (Å²) in [5.41, 5.74) is 0. The number of hydrogen-bond donors (Lipinski definition) is 1. The average Bonchev–Trinajstić information content (AvgIpc) is 3.14. The van der Waals surface area contributed by atoms with Crippen LogP contribution in [0.25, 0.3) is 0 Å². The van der Waals surface area contributed by atoms with Crippen LogP contribution in [-0.2, 0) is 20.0 Å². The van der Waals surface area contributed by atoms with Gasteiger partial charge >= 0.3 is 0 Å². The van der Waals surface area contributed by atoms with E-state index in [0.717, 1.165) is 44.9 Å². The molecule has 3 aliphatic rings. The molecule has 2 bridgehead atoms. The van der Waals surface area contributed by atoms with Crippen LogP contribution in [0.5, 0.6) is 0 Å². The molecule has 27 heavy (non-hydrogen) atoms. The first-order chi connectivity index (χ1) is 12.9. The first-order valence-electron chi connectivity index (χ1n) is 9.99. The molecule has 0 unspecified atom stereocenters. The van der Waals surface area contributed by atoms with Crippen LogP contribution in [0.15, 0.2) is 34.1 Å². The molecule has 0 aromatic heterocycles. The summed E-state index contributed by atoms with van der Waals surface area (Å²) in [6.45, 7) is 1.07. The van der Waals surface area contributed by atoms with E-state index in [1.807, 2.05) is 0 Å². The number of hydrogen-bond acceptors (Lipinski definition) is 4. The molecule has 1 saturated heterocycles. The van der Waals surface area contributed by atoms with Crippen molar-refractivity contribution in [3.05, 3.63) is 24.3 Å². The predicted molar refractivity (Wildman–Crippen MR) is 103 cm³/mol. The van der Waals surface area contributed by atoms with Crippen molar-refractivity contribution in [2.24, 2.45) is 11.8 Å². The van der Waals surface area contributed by atoms with Crippen LogP contribution < -0.4 is 4.72 Å². The summed E-state index contributed by atoms with van der Waals surface area (Å²) >= 11 is 0. The van der Waals surface area contributed by atoms with Crippen LogP contribution in [0, 0.1) is 11.8 Å². The zero-order chi connectivity index (χ0) is 19.1. The molecule has 0 amide bonds. The van der Waals surface area contributed by atoms with Gasteiger partial charge in [-0.2, -0.15) is 4.31 Å². The van der Waals surface area contributed by atoms with Gasteiger partial charge in [0.25, 0.3) is 0 Å². The lowest BCUT2D eigenvalue weighted by molar-refractivity contribution is 0.390. The molecule has 8 heteroatoms. The maximum absolute atomic E-state index is 12.8. The first-order valence-corrected chi connectivity index (χ1v) is 12.9. The van der Waals surface area contributed by atoms with E-state index in [-0.39, 0.29) is 15.8 Å². The van der Waals surface area contributed by atoms with Gasteiger partial charge in [0.05, 0.1) is 9.79 Å². The SMILES string of the molecule is O=S(=O)(N[C@H]1C[C@@H]2CC[C@@H]1C2)c1ccc(S(=O)(=O)N2CCCCCC2)cc1. The second-order valence-electron chi connectivity index (χ2n) is 8.19. The van der Waals surface area contributed by atoms with Crippen LogP contribution in [0.3, 0.4) is 0 Å². The van der Waals surface area contributed by atoms with Crippen molar-refractivity contribution in [3.63, 3.8) is 0 Å². The van der Waals surface area contributed by atoms with Gasteiger partial charge in [-0.05, 0) is 68.2 Å². The van der Waals surface area contributed by atoms with E-state index in [9.17, 15) is 16.8 Å². The molecule has 2 saturated carbocycles. The van der Waals surface area contributed by atoms with E-state index in [1.165, 1.54) is 35.0 Å². The van der Waals surface area contributed by atoms with Crippen LogP contribution in [-0.4, -0.2) is 40.3 Å². The number of sulfonamides is 2. The number of rotatable bonds is 5. The fourth-order valence-corrected chi connectivity index (χ4v) is 7.71. The number of nitrogens with one attached hydrogen (secondary N) is 1. The third-order valence-electron chi connectivity index (χ3n) is 6.38. The molecule has 1 aromatic rings. The van der Waals surface area contributed by atoms with E-state index in [2.05, 4.69) is 4.72 Å². The highest BCUT2D eigenvalue weighted by molar-refractivity contribution is 7.89. The molecule has 2 aliphatic carbocycles. The summed E-state index contributed by atoms with van der Waals surface area (Å²) in [5, 5.41) is 0. The quantitative estimate of drug-likeness (QED) is 0.806. The van der Waals surface area contributed by atoms with E-state index >= 15 is 0 Å². The highest BCUT2D eigenvalue weighted by atomic mass is 32.2. The Morgan fingerprint density at radius 2 is 1.44 bits per heavy atom. The highest BCUT2D eigenvalue weighted by Gasteiger charge is 2.41. The molecule has 6 nitrogen and oxygen atoms in total. The van der Waals surface area contributed by atoms with Crippen molar-refractivity contribution in [2.75, 3.05) is 13.1 Å². The summed E-state index contributed by atoms with van der Waals surface area (Å²) in [6.07, 6.45) is 8.22. The number of benzene rings is 1. The monoisotopic (exact) mass is 412 g/mol. The molecule has 150 valence electrons. The van der Waals surface area contributed by atoms with Crippen molar-refractivity contribution < 1.29 is 16.8 Å². The largest absolute Gasteiger partial charge is 0.243 e. The molecule has 3 fully saturated rings. The van der Waals surface area contributed by atoms with Gasteiger partial charge in [0.2, 0.25) is 20.0 Å². The molecule has 1 aliphatic heterocycles. The van der Waals surface area contributed by atoms with Gasteiger partial charge in [0, 0.05) is 19.1 Å². The average molecular weight is 413 g/mol. The zero-order valence-electron chi connectivity index (χ0n) is 15.5. The van der Waals surface area contributed by atoms with Gasteiger partial charge in [-0.1, -0.05) is 19.3 Å². The highest BCUT2D eigenvalue weighted by Crippen LogP contribution is 2.44. The summed E-state index contributed by atoms with van der Waals surface area (Å²) < 4.78 is 55.4. The first kappa shape index (κ1) is 19.4. The Morgan fingerprint density at radius 1 is 0.815 bits per heavy atom. The van der Waals surface area contributed by atoms with Crippen molar-refractivity contribution in [1.82, 2.24) is 9.03 Å². The maximum Gasteiger partial charge on any atom is 0.243 e. The third-order valence-corrected chi connectivity index (χ3v) is 9.80. The normalized spacial score (nSPS) is 29.7. The van der Waals surface area contributed by atoms with E-state index in [4.69, 9.17) is 0 Å². The number of fused-ring (bicyclic) bond motifs is 2. The molecule has 0 spiro atoms. The Hall–Kier alpha value is -0.960. The lowest BCUT2D eigenvalue weighted by atomic mass is 9.96. The Morgan fingerprint density at radius 3 is 2.00 bits per heavy atom. The fourth-order valence-electron chi connectivity index (χ4n) is 4.88. The van der Waals surface area contributed by atoms with Gasteiger partial charge in [-0.25, -0.2) is 21.6 Å². The van der Waals surface area contributed by atoms with Crippen LogP contribution in [0.2, 0.25) is 0 Å². The summed E-state index contributed by atoms with van der Waals surface area (Å²) in [4.78, 5) is 0.309. The van der Waals surface area contributed by atoms with Crippen LogP contribution >= 0.6 is 0 Å². The van der Waals surface area contributed by atoms with E-state index in [0.29, 0.717) is 24.9 Å². The van der Waals surface area contributed by atoms with Crippen molar-refractivity contribution in [3.8, 4) is 0 Å². The van der Waals surface area contributed by atoms with Gasteiger partial charge in [-0.3, -0.25) is 0 Å². The number of nitrogens with zero attached hydrogens (tertiary/aromatic N) is 1. The molecule has 3 atom stereocenters. The standard InChI is InChI=1S/C19H28N2O4S2/c22-26(23,20-19-14-15-5-6-16(19)13-15)17-7-9-18(10-8-17)27(24,25)21-11-3-1-2-4-12-21/h7-10,15-16,19-20H,1-6,11-14H2/t15-,16-,19+/m1/s1. The Labute approximate surface area is 162 Å². The fraction of sp³-hybridized carbons (Fsp3) is 0.684. The second kappa shape index (κ2) is 7.46. The smallest absolute Gasteiger partial charge is 0.208 e. The Bertz CT molecular complexity index is 873. The maximum atomic E-state index is 12.8. The van der Waals surface area contributed by atoms with Gasteiger partial charge in [-0.15, -0.1) is 0 Å². The van der Waals surface area contributed by atoms with Gasteiger partial charge < -0.3 is 0 Å². The van der Waals surface area contributed by atoms with Crippen molar-refractivity contribution in [1.29, 1.82) is 0 Å². The predicted octanol–water partition coefficient (Wildman–Crippen LogP) is 2.72. The molecule has 0 radical (unpaired) electrons. The lowest BCUT2D eigenvalue weighted by Gasteiger charge is -2.23. The van der Waals surface area contributed by atoms with Crippen molar-refractivity contribution in [2.45, 2.75) is 67.2 Å². The Kier molecular flexibility index (Phi) is 5.35. The minimum Gasteiger partial charge on any atom is -0.208 e. The van der Waals surface area contributed by atoms with Gasteiger partial charge in [0.1, 0.15) is 0 Å². The summed E-state index contributed by atoms with van der Waals surface area (Å²) in [5.74, 6) is 1.11. The van der Waals surface area contributed by atoms with Crippen LogP contribution in [0.4, 0.5) is 0 Å². The van der Waals surface area contributed by atoms with Gasteiger partial charge in [0.15, 0.2) is 0 Å². The third kappa shape index (κ3) is 3.95. The molecule has 1 aromatic carbocycles. The minimum atomic E-state index is -3.62. The molecule has 1 heterocycles. The van der Waals surface area contributed by atoms with E-state index in [1.54, 1.807) is 0 Å². The molecular weight excluding hydrogens is 384 g/mol. The second-order valence-corrected chi connectivity index (χ2v) is 11.8. The topological polar surface area (TPSA) is 83.5 Å². The van der Waals surface area contributed by atoms with Crippen molar-refractivity contribution >= 4 is 20.0 Å². The van der Waals surface area contributed by atoms with Crippen LogP contribution in [0.1, 0.15) is 51.4 Å². The summed E-state index contributed by atoms with van der Waals surface area (Å²) in [7, 11) is -7.18. The van der Waals surface area contributed by atoms with E-state index < -0.39 is 20.0 Å². The molecule has 1 N–H and O–H groups in total. The molecular formula is C19H28N2O4S2. The lowest BCUT2D eigenvalue weighted by Crippen LogP contribution is -2.38.